The van der Waals surface area contributed by atoms with Crippen LogP contribution in [-0.2, 0) is 6.54 Å². The number of benzene rings is 2. The van der Waals surface area contributed by atoms with Crippen LogP contribution in [0, 0.1) is 0 Å². The van der Waals surface area contributed by atoms with E-state index in [1.54, 1.807) is 12.1 Å². The third kappa shape index (κ3) is 3.79. The van der Waals surface area contributed by atoms with Crippen LogP contribution in [-0.4, -0.2) is 57.6 Å². The van der Waals surface area contributed by atoms with E-state index in [1.807, 2.05) is 6.07 Å². The van der Waals surface area contributed by atoms with E-state index in [1.165, 1.54) is 32.9 Å². The van der Waals surface area contributed by atoms with Crippen molar-refractivity contribution in [2.24, 2.45) is 5.73 Å². The Morgan fingerprint density at radius 2 is 1.76 bits per heavy atom. The minimum atomic E-state index is -2.02. The summed E-state index contributed by atoms with van der Waals surface area (Å²) in [5.74, 6) is -0.939. The SMILES string of the molecule is CN(C)c1ccc2c(c1)[Si](C)(C)C1=CC(=[N+](C)C)C=CC1=C2c1ccc(C(=O)O)cc1CN. The maximum atomic E-state index is 11.6. The molecule has 6 heteroatoms. The average molecular weight is 459 g/mol. The summed E-state index contributed by atoms with van der Waals surface area (Å²) in [5, 5.41) is 12.3. The van der Waals surface area contributed by atoms with Crippen LogP contribution < -0.4 is 15.8 Å². The zero-order valence-corrected chi connectivity index (χ0v) is 21.2. The maximum Gasteiger partial charge on any atom is 0.335 e. The number of anilines is 1. The molecule has 0 atom stereocenters. The first-order valence-corrected chi connectivity index (χ1v) is 14.1. The summed E-state index contributed by atoms with van der Waals surface area (Å²) >= 11 is 0. The van der Waals surface area contributed by atoms with Crippen LogP contribution in [0.5, 0.6) is 0 Å². The van der Waals surface area contributed by atoms with Crippen molar-refractivity contribution in [1.82, 2.24) is 0 Å². The fourth-order valence-electron chi connectivity index (χ4n) is 4.81. The van der Waals surface area contributed by atoms with Crippen LogP contribution in [0.1, 0.15) is 27.0 Å². The summed E-state index contributed by atoms with van der Waals surface area (Å²) in [6.45, 7) is 5.10. The molecule has 0 aromatic heterocycles. The van der Waals surface area contributed by atoms with Crippen molar-refractivity contribution in [2.75, 3.05) is 33.1 Å². The van der Waals surface area contributed by atoms with Crippen LogP contribution in [0.25, 0.3) is 5.57 Å². The van der Waals surface area contributed by atoms with Crippen molar-refractivity contribution >= 4 is 36.2 Å². The van der Waals surface area contributed by atoms with Gasteiger partial charge in [0.15, 0.2) is 5.71 Å². The second-order valence-corrected chi connectivity index (χ2v) is 14.0. The van der Waals surface area contributed by atoms with Gasteiger partial charge in [0.25, 0.3) is 0 Å². The maximum absolute atomic E-state index is 11.6. The van der Waals surface area contributed by atoms with Gasteiger partial charge in [0.05, 0.1) is 5.56 Å². The molecule has 1 aliphatic carbocycles. The molecule has 2 aromatic carbocycles. The van der Waals surface area contributed by atoms with Gasteiger partial charge in [0, 0.05) is 38.5 Å². The second-order valence-electron chi connectivity index (χ2n) is 9.63. The molecule has 0 spiro atoms. The van der Waals surface area contributed by atoms with Gasteiger partial charge < -0.3 is 15.7 Å². The van der Waals surface area contributed by atoms with Crippen LogP contribution in [0.4, 0.5) is 5.69 Å². The number of hydrogen-bond donors (Lipinski definition) is 2. The Labute approximate surface area is 196 Å². The second kappa shape index (κ2) is 8.28. The first-order chi connectivity index (χ1) is 15.6. The Balaban J connectivity index is 2.10. The van der Waals surface area contributed by atoms with E-state index in [-0.39, 0.29) is 12.1 Å². The molecule has 0 unspecified atom stereocenters. The highest BCUT2D eigenvalue weighted by Crippen LogP contribution is 2.42. The van der Waals surface area contributed by atoms with Gasteiger partial charge in [0.1, 0.15) is 22.2 Å². The van der Waals surface area contributed by atoms with Gasteiger partial charge in [-0.2, -0.15) is 0 Å². The minimum Gasteiger partial charge on any atom is -0.478 e. The molecule has 1 heterocycles. The predicted molar refractivity (Wildman–Crippen MR) is 140 cm³/mol. The van der Waals surface area contributed by atoms with E-state index >= 15 is 0 Å². The number of carbonyl (C=O) groups is 1. The molecule has 5 nitrogen and oxygen atoms in total. The highest BCUT2D eigenvalue weighted by Gasteiger charge is 2.40. The van der Waals surface area contributed by atoms with Crippen molar-refractivity contribution in [2.45, 2.75) is 19.6 Å². The number of fused-ring (bicyclic) bond motifs is 2. The molecule has 33 heavy (non-hydrogen) atoms. The first-order valence-electron chi connectivity index (χ1n) is 11.1. The van der Waals surface area contributed by atoms with E-state index in [9.17, 15) is 9.90 Å². The average Bonchev–Trinajstić information content (AvgIpc) is 2.78. The van der Waals surface area contributed by atoms with E-state index < -0.39 is 14.0 Å². The molecule has 0 fully saturated rings. The zero-order chi connectivity index (χ0) is 24.1. The standard InChI is InChI=1S/C27H31N3O2Si/c1-29(2)19-8-11-22-24(14-19)33(5,6)25-15-20(30(3)4)9-12-23(25)26(22)21-10-7-17(27(31)32)13-18(21)16-28/h7-15H,16,28H2,1-6H3/p+1. The number of nitrogens with zero attached hydrogens (tertiary/aromatic N) is 2. The molecular weight excluding hydrogens is 426 g/mol. The lowest BCUT2D eigenvalue weighted by Crippen LogP contribution is -2.49. The third-order valence-corrected chi connectivity index (χ3v) is 10.3. The van der Waals surface area contributed by atoms with Crippen molar-refractivity contribution in [3.8, 4) is 0 Å². The fourth-order valence-corrected chi connectivity index (χ4v) is 7.88. The molecule has 0 amide bonds. The van der Waals surface area contributed by atoms with Gasteiger partial charge in [-0.25, -0.2) is 9.37 Å². The lowest BCUT2D eigenvalue weighted by atomic mass is 9.86. The van der Waals surface area contributed by atoms with Crippen LogP contribution >= 0.6 is 0 Å². The Hall–Kier alpha value is -3.22. The lowest BCUT2D eigenvalue weighted by Gasteiger charge is -2.38. The molecule has 0 saturated carbocycles. The summed E-state index contributed by atoms with van der Waals surface area (Å²) in [5.41, 5.74) is 14.2. The summed E-state index contributed by atoms with van der Waals surface area (Å²) in [6.07, 6.45) is 6.72. The molecule has 170 valence electrons. The number of allylic oxidation sites excluding steroid dienone is 5. The number of nitrogens with two attached hydrogens (primary N) is 1. The van der Waals surface area contributed by atoms with E-state index in [4.69, 9.17) is 5.73 Å². The van der Waals surface area contributed by atoms with Gasteiger partial charge in [-0.05, 0) is 68.6 Å². The van der Waals surface area contributed by atoms with E-state index in [2.05, 4.69) is 87.2 Å². The van der Waals surface area contributed by atoms with Crippen LogP contribution in [0.3, 0.4) is 0 Å². The van der Waals surface area contributed by atoms with Gasteiger partial charge in [-0.1, -0.05) is 25.2 Å². The van der Waals surface area contributed by atoms with Crippen molar-refractivity contribution in [3.63, 3.8) is 0 Å². The van der Waals surface area contributed by atoms with E-state index in [0.29, 0.717) is 0 Å². The molecule has 0 saturated heterocycles. The molecule has 2 aliphatic rings. The monoisotopic (exact) mass is 458 g/mol. The van der Waals surface area contributed by atoms with Crippen LogP contribution in [0.15, 0.2) is 65.4 Å². The zero-order valence-electron chi connectivity index (χ0n) is 20.2. The number of carboxylic acids is 1. The molecular formula is C27H32N3O2Si+. The van der Waals surface area contributed by atoms with E-state index in [0.717, 1.165) is 16.7 Å². The molecule has 0 bridgehead atoms. The number of aromatic carboxylic acids is 1. The van der Waals surface area contributed by atoms with Gasteiger partial charge in [-0.3, -0.25) is 0 Å². The Kier molecular flexibility index (Phi) is 5.76. The number of rotatable bonds is 4. The molecule has 1 aliphatic heterocycles. The van der Waals surface area contributed by atoms with Crippen LogP contribution in [0.2, 0.25) is 13.1 Å². The normalized spacial score (nSPS) is 16.2. The highest BCUT2D eigenvalue weighted by atomic mass is 28.3. The Morgan fingerprint density at radius 3 is 2.36 bits per heavy atom. The number of hydrogen-bond acceptors (Lipinski definition) is 3. The third-order valence-electron chi connectivity index (χ3n) is 6.77. The Bertz CT molecular complexity index is 1290. The predicted octanol–water partition coefficient (Wildman–Crippen LogP) is 3.39. The number of carboxylic acid groups (broad SMARTS) is 1. The molecule has 0 radical (unpaired) electrons. The lowest BCUT2D eigenvalue weighted by molar-refractivity contribution is -0.462. The van der Waals surface area contributed by atoms with Crippen molar-refractivity contribution in [3.05, 3.63) is 87.6 Å². The molecule has 4 rings (SSSR count). The highest BCUT2D eigenvalue weighted by molar-refractivity contribution is 6.98. The van der Waals surface area contributed by atoms with Gasteiger partial charge >= 0.3 is 5.97 Å². The van der Waals surface area contributed by atoms with Gasteiger partial charge in [-0.15, -0.1) is 0 Å². The van der Waals surface area contributed by atoms with Crippen molar-refractivity contribution in [1.29, 1.82) is 0 Å². The molecule has 3 N–H and O–H groups in total. The summed E-state index contributed by atoms with van der Waals surface area (Å²) in [6, 6.07) is 12.0. The molecule has 2 aromatic rings. The van der Waals surface area contributed by atoms with Gasteiger partial charge in [0.2, 0.25) is 0 Å². The smallest absolute Gasteiger partial charge is 0.335 e. The topological polar surface area (TPSA) is 69.6 Å². The fraction of sp³-hybridized carbons (Fsp3) is 0.259. The summed E-state index contributed by atoms with van der Waals surface area (Å²) in [7, 11) is 6.26. The summed E-state index contributed by atoms with van der Waals surface area (Å²) < 4.78 is 2.14. The Morgan fingerprint density at radius 1 is 1.06 bits per heavy atom. The van der Waals surface area contributed by atoms with Crippen molar-refractivity contribution < 1.29 is 14.5 Å². The summed E-state index contributed by atoms with van der Waals surface area (Å²) in [4.78, 5) is 13.7. The first kappa shape index (κ1) is 23.0. The largest absolute Gasteiger partial charge is 0.478 e. The minimum absolute atomic E-state index is 0.261. The quantitative estimate of drug-likeness (QED) is 0.544.